The highest BCUT2D eigenvalue weighted by atomic mass is 16.6. The number of aryl methyl sites for hydroxylation is 1. The quantitative estimate of drug-likeness (QED) is 0.566. The minimum absolute atomic E-state index is 0.0211. The van der Waals surface area contributed by atoms with Crippen LogP contribution in [-0.4, -0.2) is 34.9 Å². The highest BCUT2D eigenvalue weighted by molar-refractivity contribution is 5.96. The van der Waals surface area contributed by atoms with E-state index in [4.69, 9.17) is 0 Å². The Morgan fingerprint density at radius 2 is 2.04 bits per heavy atom. The number of non-ortho nitro benzene ring substituents is 1. The summed E-state index contributed by atoms with van der Waals surface area (Å²) in [5.41, 5.74) is 1.10. The molecule has 0 unspecified atom stereocenters. The zero-order valence-electron chi connectivity index (χ0n) is 14.1. The zero-order chi connectivity index (χ0) is 18.0. The second kappa shape index (κ2) is 7.18. The Hall–Kier alpha value is -2.48. The molecule has 3 N–H and O–H groups in total. The molecule has 2 amide bonds. The molecule has 2 aliphatic rings. The Morgan fingerprint density at radius 3 is 2.72 bits per heavy atom. The Morgan fingerprint density at radius 1 is 1.32 bits per heavy atom. The number of fused-ring (bicyclic) bond motifs is 1. The van der Waals surface area contributed by atoms with Crippen LogP contribution in [0.5, 0.6) is 0 Å². The number of carbonyl (C=O) groups excluding carboxylic acids is 2. The van der Waals surface area contributed by atoms with Gasteiger partial charge in [0.15, 0.2) is 0 Å². The number of nitrogens with one attached hydrogen (secondary N) is 3. The van der Waals surface area contributed by atoms with Gasteiger partial charge in [-0.15, -0.1) is 0 Å². The molecular formula is C17H22N4O4. The van der Waals surface area contributed by atoms with Gasteiger partial charge in [-0.3, -0.25) is 19.7 Å². The fourth-order valence-corrected chi connectivity index (χ4v) is 3.56. The number of nitro groups is 1. The van der Waals surface area contributed by atoms with E-state index in [0.717, 1.165) is 25.7 Å². The summed E-state index contributed by atoms with van der Waals surface area (Å²) in [5.74, 6) is -0.433. The first-order chi connectivity index (χ1) is 11.9. The number of anilines is 1. The van der Waals surface area contributed by atoms with E-state index in [2.05, 4.69) is 16.0 Å². The number of piperazine rings is 1. The number of hydrogen-bond acceptors (Lipinski definition) is 5. The Balaban J connectivity index is 1.60. The summed E-state index contributed by atoms with van der Waals surface area (Å²) >= 11 is 0. The number of rotatable bonds is 4. The average Bonchev–Trinajstić information content (AvgIpc) is 2.57. The molecule has 1 heterocycles. The van der Waals surface area contributed by atoms with Crippen LogP contribution in [0.1, 0.15) is 37.7 Å². The molecule has 0 radical (unpaired) electrons. The monoisotopic (exact) mass is 346 g/mol. The number of nitrogens with zero attached hydrogens (tertiary/aromatic N) is 1. The minimum Gasteiger partial charge on any atom is -0.350 e. The number of benzene rings is 1. The molecule has 25 heavy (non-hydrogen) atoms. The van der Waals surface area contributed by atoms with Gasteiger partial charge < -0.3 is 16.0 Å². The van der Waals surface area contributed by atoms with Crippen LogP contribution in [0.15, 0.2) is 18.2 Å². The number of nitro benzene ring substituents is 1. The summed E-state index contributed by atoms with van der Waals surface area (Å²) in [6.07, 6.45) is 4.26. The van der Waals surface area contributed by atoms with Crippen LogP contribution in [0.25, 0.3) is 0 Å². The maximum atomic E-state index is 12.3. The van der Waals surface area contributed by atoms with Crippen molar-refractivity contribution in [3.05, 3.63) is 33.9 Å². The standard InChI is InChI=1S/C17H22N4O4/c1-10-8-11(21(24)25)6-7-12(10)19-16(22)9-15-17(23)20-14-5-3-2-4-13(14)18-15/h6-8,13-15,18H,2-5,9H2,1H3,(H,19,22)(H,20,23)/t13-,14-,15+/m1/s1. The summed E-state index contributed by atoms with van der Waals surface area (Å²) in [6.45, 7) is 1.70. The van der Waals surface area contributed by atoms with Crippen LogP contribution in [0, 0.1) is 17.0 Å². The summed E-state index contributed by atoms with van der Waals surface area (Å²) in [5, 5.41) is 19.8. The van der Waals surface area contributed by atoms with Crippen LogP contribution in [0.4, 0.5) is 11.4 Å². The fourth-order valence-electron chi connectivity index (χ4n) is 3.56. The highest BCUT2D eigenvalue weighted by Crippen LogP contribution is 2.23. The minimum atomic E-state index is -0.544. The molecule has 1 saturated heterocycles. The first kappa shape index (κ1) is 17.3. The van der Waals surface area contributed by atoms with Gasteiger partial charge in [-0.1, -0.05) is 12.8 Å². The van der Waals surface area contributed by atoms with Gasteiger partial charge in [-0.05, 0) is 31.4 Å². The molecule has 1 aliphatic heterocycles. The second-order valence-corrected chi connectivity index (χ2v) is 6.73. The topological polar surface area (TPSA) is 113 Å². The van der Waals surface area contributed by atoms with Crippen LogP contribution in [-0.2, 0) is 9.59 Å². The van der Waals surface area contributed by atoms with Crippen LogP contribution in [0.2, 0.25) is 0 Å². The normalized spacial score (nSPS) is 25.6. The van der Waals surface area contributed by atoms with Crippen molar-refractivity contribution in [2.45, 2.75) is 57.2 Å². The van der Waals surface area contributed by atoms with Crippen molar-refractivity contribution in [1.82, 2.24) is 10.6 Å². The Labute approximate surface area is 145 Å². The lowest BCUT2D eigenvalue weighted by Crippen LogP contribution is -2.65. The predicted octanol–water partition coefficient (Wildman–Crippen LogP) is 1.63. The van der Waals surface area contributed by atoms with Gasteiger partial charge >= 0.3 is 0 Å². The molecule has 0 aromatic heterocycles. The van der Waals surface area contributed by atoms with Crippen molar-refractivity contribution in [2.24, 2.45) is 0 Å². The van der Waals surface area contributed by atoms with Crippen LogP contribution < -0.4 is 16.0 Å². The fraction of sp³-hybridized carbons (Fsp3) is 0.529. The van der Waals surface area contributed by atoms with Crippen molar-refractivity contribution in [1.29, 1.82) is 0 Å². The molecule has 1 aliphatic carbocycles. The molecule has 8 nitrogen and oxygen atoms in total. The summed E-state index contributed by atoms with van der Waals surface area (Å²) in [6, 6.07) is 4.12. The van der Waals surface area contributed by atoms with E-state index in [1.807, 2.05) is 0 Å². The van der Waals surface area contributed by atoms with Gasteiger partial charge in [-0.2, -0.15) is 0 Å². The number of hydrogen-bond donors (Lipinski definition) is 3. The van der Waals surface area contributed by atoms with Gasteiger partial charge in [0.2, 0.25) is 11.8 Å². The summed E-state index contributed by atoms with van der Waals surface area (Å²) in [7, 11) is 0. The van der Waals surface area contributed by atoms with E-state index in [1.54, 1.807) is 6.92 Å². The molecule has 3 atom stereocenters. The van der Waals surface area contributed by atoms with E-state index in [1.165, 1.54) is 18.2 Å². The lowest BCUT2D eigenvalue weighted by molar-refractivity contribution is -0.384. The Bertz CT molecular complexity index is 706. The Kier molecular flexibility index (Phi) is 4.98. The SMILES string of the molecule is Cc1cc([N+](=O)[O-])ccc1NC(=O)C[C@@H]1N[C@@H]2CCCC[C@H]2NC1=O. The largest absolute Gasteiger partial charge is 0.350 e. The summed E-state index contributed by atoms with van der Waals surface area (Å²) in [4.78, 5) is 34.8. The second-order valence-electron chi connectivity index (χ2n) is 6.73. The molecule has 3 rings (SSSR count). The highest BCUT2D eigenvalue weighted by Gasteiger charge is 2.36. The van der Waals surface area contributed by atoms with Crippen molar-refractivity contribution in [3.63, 3.8) is 0 Å². The molecule has 8 heteroatoms. The lowest BCUT2D eigenvalue weighted by Gasteiger charge is -2.40. The molecule has 0 bridgehead atoms. The molecule has 0 spiro atoms. The maximum Gasteiger partial charge on any atom is 0.269 e. The predicted molar refractivity (Wildman–Crippen MR) is 92.2 cm³/mol. The molecule has 134 valence electrons. The van der Waals surface area contributed by atoms with E-state index in [9.17, 15) is 19.7 Å². The van der Waals surface area contributed by atoms with E-state index in [-0.39, 0.29) is 36.0 Å². The summed E-state index contributed by atoms with van der Waals surface area (Å²) < 4.78 is 0. The van der Waals surface area contributed by atoms with E-state index >= 15 is 0 Å². The van der Waals surface area contributed by atoms with Gasteiger partial charge in [0, 0.05) is 29.9 Å². The first-order valence-corrected chi connectivity index (χ1v) is 8.55. The van der Waals surface area contributed by atoms with Gasteiger partial charge in [0.05, 0.1) is 17.4 Å². The van der Waals surface area contributed by atoms with Crippen LogP contribution >= 0.6 is 0 Å². The third-order valence-corrected chi connectivity index (χ3v) is 4.91. The van der Waals surface area contributed by atoms with Gasteiger partial charge in [-0.25, -0.2) is 0 Å². The molecule has 1 aromatic rings. The lowest BCUT2D eigenvalue weighted by atomic mass is 9.87. The van der Waals surface area contributed by atoms with Crippen molar-refractivity contribution in [2.75, 3.05) is 5.32 Å². The molecule has 1 saturated carbocycles. The third-order valence-electron chi connectivity index (χ3n) is 4.91. The third kappa shape index (κ3) is 3.96. The maximum absolute atomic E-state index is 12.3. The average molecular weight is 346 g/mol. The van der Waals surface area contributed by atoms with E-state index < -0.39 is 11.0 Å². The molecular weight excluding hydrogens is 324 g/mol. The smallest absolute Gasteiger partial charge is 0.269 e. The van der Waals surface area contributed by atoms with Crippen molar-refractivity contribution < 1.29 is 14.5 Å². The molecule has 1 aromatic carbocycles. The number of carbonyl (C=O) groups is 2. The zero-order valence-corrected chi connectivity index (χ0v) is 14.1. The number of amides is 2. The van der Waals surface area contributed by atoms with Gasteiger partial charge in [0.1, 0.15) is 0 Å². The van der Waals surface area contributed by atoms with Crippen molar-refractivity contribution in [3.8, 4) is 0 Å². The van der Waals surface area contributed by atoms with Crippen LogP contribution in [0.3, 0.4) is 0 Å². The van der Waals surface area contributed by atoms with Crippen molar-refractivity contribution >= 4 is 23.2 Å². The van der Waals surface area contributed by atoms with Gasteiger partial charge in [0.25, 0.3) is 5.69 Å². The molecule has 2 fully saturated rings. The first-order valence-electron chi connectivity index (χ1n) is 8.55. The van der Waals surface area contributed by atoms with E-state index in [0.29, 0.717) is 11.3 Å².